The van der Waals surface area contributed by atoms with Gasteiger partial charge in [0.1, 0.15) is 12.6 Å². The van der Waals surface area contributed by atoms with E-state index in [1.165, 1.54) is 0 Å². The molecular weight excluding hydrogens is 324 g/mol. The van der Waals surface area contributed by atoms with Gasteiger partial charge in [-0.05, 0) is 34.8 Å². The lowest BCUT2D eigenvalue weighted by atomic mass is 10.1. The van der Waals surface area contributed by atoms with Crippen LogP contribution >= 0.6 is 11.8 Å². The minimum absolute atomic E-state index is 0.146. The van der Waals surface area contributed by atoms with Crippen LogP contribution in [0.5, 0.6) is 0 Å². The number of hydrogen-bond donors (Lipinski definition) is 2. The molecule has 5 nitrogen and oxygen atoms in total. The third-order valence-electron chi connectivity index (χ3n) is 3.67. The van der Waals surface area contributed by atoms with E-state index < -0.39 is 12.0 Å². The first-order valence-electron chi connectivity index (χ1n) is 7.77. The van der Waals surface area contributed by atoms with E-state index in [-0.39, 0.29) is 19.1 Å². The molecule has 0 saturated carbocycles. The Hall–Kier alpha value is -2.05. The molecule has 0 aromatic heterocycles. The number of esters is 1. The standard InChI is InChI=1S/C18H22N2O3S/c1-24-10-9-16(20-17(21)11-19)18(22)23-12-14-7-4-6-13-5-2-3-8-15(13)14/h2-8,16H,9-12,19H2,1H3,(H,20,21)/t16-/m0/s1. The van der Waals surface area contributed by atoms with Gasteiger partial charge in [0, 0.05) is 0 Å². The number of nitrogens with one attached hydrogen (secondary N) is 1. The summed E-state index contributed by atoms with van der Waals surface area (Å²) in [5.41, 5.74) is 6.25. The number of carbonyl (C=O) groups is 2. The molecule has 128 valence electrons. The van der Waals surface area contributed by atoms with Crippen LogP contribution in [0, 0.1) is 0 Å². The van der Waals surface area contributed by atoms with Gasteiger partial charge in [0.25, 0.3) is 0 Å². The summed E-state index contributed by atoms with van der Waals surface area (Å²) in [6.07, 6.45) is 2.46. The summed E-state index contributed by atoms with van der Waals surface area (Å²) in [4.78, 5) is 23.8. The SMILES string of the molecule is CSCC[C@H](NC(=O)CN)C(=O)OCc1cccc2ccccc12. The maximum Gasteiger partial charge on any atom is 0.329 e. The van der Waals surface area contributed by atoms with Crippen LogP contribution in [-0.2, 0) is 20.9 Å². The van der Waals surface area contributed by atoms with Crippen LogP contribution in [0.15, 0.2) is 42.5 Å². The van der Waals surface area contributed by atoms with Crippen molar-refractivity contribution in [2.75, 3.05) is 18.6 Å². The van der Waals surface area contributed by atoms with Crippen molar-refractivity contribution in [2.45, 2.75) is 19.1 Å². The molecule has 2 aromatic carbocycles. The molecule has 0 radical (unpaired) electrons. The van der Waals surface area contributed by atoms with Gasteiger partial charge in [-0.25, -0.2) is 4.79 Å². The zero-order valence-corrected chi connectivity index (χ0v) is 14.5. The monoisotopic (exact) mass is 346 g/mol. The molecule has 2 aromatic rings. The number of nitrogens with two attached hydrogens (primary N) is 1. The van der Waals surface area contributed by atoms with Gasteiger partial charge in [0.05, 0.1) is 6.54 Å². The summed E-state index contributed by atoms with van der Waals surface area (Å²) in [6.45, 7) is 0.0286. The van der Waals surface area contributed by atoms with Crippen molar-refractivity contribution in [2.24, 2.45) is 5.73 Å². The van der Waals surface area contributed by atoms with Gasteiger partial charge in [-0.2, -0.15) is 11.8 Å². The number of amides is 1. The van der Waals surface area contributed by atoms with Crippen LogP contribution in [-0.4, -0.2) is 36.5 Å². The highest BCUT2D eigenvalue weighted by molar-refractivity contribution is 7.98. The minimum Gasteiger partial charge on any atom is -0.459 e. The second-order valence-corrected chi connectivity index (χ2v) is 6.34. The fraction of sp³-hybridized carbons (Fsp3) is 0.333. The Morgan fingerprint density at radius 3 is 2.71 bits per heavy atom. The Kier molecular flexibility index (Phi) is 7.08. The molecule has 0 fully saturated rings. The molecule has 1 amide bonds. The lowest BCUT2D eigenvalue weighted by molar-refractivity contribution is -0.149. The summed E-state index contributed by atoms with van der Waals surface area (Å²) in [5, 5.41) is 4.78. The molecule has 0 aliphatic carbocycles. The van der Waals surface area contributed by atoms with Gasteiger partial charge in [0.15, 0.2) is 0 Å². The molecule has 3 N–H and O–H groups in total. The Bertz CT molecular complexity index is 700. The van der Waals surface area contributed by atoms with Gasteiger partial charge in [-0.1, -0.05) is 42.5 Å². The van der Waals surface area contributed by atoms with Gasteiger partial charge in [0.2, 0.25) is 5.91 Å². The predicted molar refractivity (Wildman–Crippen MR) is 97.7 cm³/mol. The van der Waals surface area contributed by atoms with Crippen LogP contribution in [0.3, 0.4) is 0 Å². The topological polar surface area (TPSA) is 81.4 Å². The van der Waals surface area contributed by atoms with Gasteiger partial charge in [-0.3, -0.25) is 4.79 Å². The molecule has 0 heterocycles. The van der Waals surface area contributed by atoms with Gasteiger partial charge in [-0.15, -0.1) is 0 Å². The van der Waals surface area contributed by atoms with E-state index in [4.69, 9.17) is 10.5 Å². The van der Waals surface area contributed by atoms with Crippen LogP contribution in [0.2, 0.25) is 0 Å². The van der Waals surface area contributed by atoms with E-state index >= 15 is 0 Å². The first-order valence-corrected chi connectivity index (χ1v) is 9.16. The molecule has 24 heavy (non-hydrogen) atoms. The lowest BCUT2D eigenvalue weighted by Crippen LogP contribution is -2.44. The Morgan fingerprint density at radius 2 is 1.96 bits per heavy atom. The fourth-order valence-corrected chi connectivity index (χ4v) is 2.88. The molecule has 0 saturated heterocycles. The Labute approximate surface area is 145 Å². The molecule has 0 aliphatic rings. The zero-order valence-electron chi connectivity index (χ0n) is 13.7. The normalized spacial score (nSPS) is 11.9. The average Bonchev–Trinajstić information content (AvgIpc) is 2.62. The maximum absolute atomic E-state index is 12.3. The molecule has 0 spiro atoms. The van der Waals surface area contributed by atoms with Crippen molar-refractivity contribution >= 4 is 34.4 Å². The highest BCUT2D eigenvalue weighted by Gasteiger charge is 2.21. The number of ether oxygens (including phenoxy) is 1. The summed E-state index contributed by atoms with van der Waals surface area (Å²) < 4.78 is 5.44. The predicted octanol–water partition coefficient (Wildman–Crippen LogP) is 2.08. The highest BCUT2D eigenvalue weighted by Crippen LogP contribution is 2.19. The fourth-order valence-electron chi connectivity index (χ4n) is 2.41. The second kappa shape index (κ2) is 9.30. The van der Waals surface area contributed by atoms with E-state index in [9.17, 15) is 9.59 Å². The quantitative estimate of drug-likeness (QED) is 0.715. The summed E-state index contributed by atoms with van der Waals surface area (Å²) in [5.74, 6) is -0.0409. The van der Waals surface area contributed by atoms with Crippen molar-refractivity contribution < 1.29 is 14.3 Å². The summed E-state index contributed by atoms with van der Waals surface area (Å²) >= 11 is 1.61. The third-order valence-corrected chi connectivity index (χ3v) is 4.31. The van der Waals surface area contributed by atoms with Crippen LogP contribution in [0.1, 0.15) is 12.0 Å². The molecule has 1 atom stereocenters. The molecule has 0 aliphatic heterocycles. The molecule has 0 unspecified atom stereocenters. The maximum atomic E-state index is 12.3. The number of rotatable bonds is 8. The number of benzene rings is 2. The van der Waals surface area contributed by atoms with E-state index in [2.05, 4.69) is 5.32 Å². The highest BCUT2D eigenvalue weighted by atomic mass is 32.2. The van der Waals surface area contributed by atoms with Crippen molar-refractivity contribution in [3.05, 3.63) is 48.0 Å². The molecule has 0 bridgehead atoms. The van der Waals surface area contributed by atoms with E-state index in [0.29, 0.717) is 6.42 Å². The minimum atomic E-state index is -0.663. The van der Waals surface area contributed by atoms with Gasteiger partial charge >= 0.3 is 5.97 Å². The number of thioether (sulfide) groups is 1. The first-order chi connectivity index (χ1) is 11.7. The number of carbonyl (C=O) groups excluding carboxylic acids is 2. The Morgan fingerprint density at radius 1 is 1.21 bits per heavy atom. The number of fused-ring (bicyclic) bond motifs is 1. The van der Waals surface area contributed by atoms with Crippen LogP contribution in [0.25, 0.3) is 10.8 Å². The van der Waals surface area contributed by atoms with E-state index in [1.54, 1.807) is 11.8 Å². The second-order valence-electron chi connectivity index (χ2n) is 5.35. The van der Waals surface area contributed by atoms with Crippen molar-refractivity contribution in [3.63, 3.8) is 0 Å². The molecular formula is C18H22N2O3S. The van der Waals surface area contributed by atoms with E-state index in [1.807, 2.05) is 48.7 Å². The zero-order chi connectivity index (χ0) is 17.4. The third kappa shape index (κ3) is 4.97. The van der Waals surface area contributed by atoms with Crippen molar-refractivity contribution in [3.8, 4) is 0 Å². The average molecular weight is 346 g/mol. The van der Waals surface area contributed by atoms with Gasteiger partial charge < -0.3 is 15.8 Å². The smallest absolute Gasteiger partial charge is 0.329 e. The summed E-state index contributed by atoms with van der Waals surface area (Å²) in [6, 6.07) is 13.2. The largest absolute Gasteiger partial charge is 0.459 e. The Balaban J connectivity index is 2.04. The molecule has 2 rings (SSSR count). The van der Waals surface area contributed by atoms with Crippen LogP contribution < -0.4 is 11.1 Å². The molecule has 6 heteroatoms. The van der Waals surface area contributed by atoms with Crippen LogP contribution in [0.4, 0.5) is 0 Å². The van der Waals surface area contributed by atoms with Crippen molar-refractivity contribution in [1.82, 2.24) is 5.32 Å². The summed E-state index contributed by atoms with van der Waals surface area (Å²) in [7, 11) is 0. The first kappa shape index (κ1) is 18.3. The lowest BCUT2D eigenvalue weighted by Gasteiger charge is -2.17. The van der Waals surface area contributed by atoms with E-state index in [0.717, 1.165) is 22.1 Å². The number of hydrogen-bond acceptors (Lipinski definition) is 5. The van der Waals surface area contributed by atoms with Crippen molar-refractivity contribution in [1.29, 1.82) is 0 Å².